The van der Waals surface area contributed by atoms with Crippen LogP contribution in [0.25, 0.3) is 0 Å². The first kappa shape index (κ1) is 18.8. The van der Waals surface area contributed by atoms with Gasteiger partial charge in [0.1, 0.15) is 6.10 Å². The molecule has 1 unspecified atom stereocenters. The molecule has 0 bridgehead atoms. The maximum atomic E-state index is 12.8. The Labute approximate surface area is 153 Å². The zero-order valence-electron chi connectivity index (χ0n) is 14.4. The number of ether oxygens (including phenoxy) is 1. The fourth-order valence-electron chi connectivity index (χ4n) is 2.78. The molecule has 0 radical (unpaired) electrons. The molecule has 8 heteroatoms. The van der Waals surface area contributed by atoms with Crippen molar-refractivity contribution in [1.82, 2.24) is 5.32 Å². The smallest absolute Gasteiger partial charge is 0.416 e. The van der Waals surface area contributed by atoms with E-state index in [9.17, 15) is 22.8 Å². The zero-order valence-corrected chi connectivity index (χ0v) is 14.4. The largest absolute Gasteiger partial charge is 0.442 e. The van der Waals surface area contributed by atoms with Gasteiger partial charge < -0.3 is 10.1 Å². The number of alkyl halides is 3. The molecule has 2 aromatic carbocycles. The Balaban J connectivity index is 1.63. The number of anilines is 1. The van der Waals surface area contributed by atoms with Crippen LogP contribution < -0.4 is 10.2 Å². The minimum absolute atomic E-state index is 0.0498. The summed E-state index contributed by atoms with van der Waals surface area (Å²) in [6, 6.07) is 11.5. The average molecular weight is 378 g/mol. The van der Waals surface area contributed by atoms with Gasteiger partial charge in [-0.25, -0.2) is 4.79 Å². The molecule has 5 nitrogen and oxygen atoms in total. The second-order valence-corrected chi connectivity index (χ2v) is 6.24. The Morgan fingerprint density at radius 1 is 1.22 bits per heavy atom. The average Bonchev–Trinajstić information content (AvgIpc) is 3.00. The number of carbonyl (C=O) groups excluding carboxylic acids is 2. The summed E-state index contributed by atoms with van der Waals surface area (Å²) in [5.41, 5.74) is 0.672. The first-order chi connectivity index (χ1) is 12.7. The van der Waals surface area contributed by atoms with E-state index in [2.05, 4.69) is 5.32 Å². The monoisotopic (exact) mass is 378 g/mol. The second kappa shape index (κ2) is 7.30. The van der Waals surface area contributed by atoms with Crippen LogP contribution in [0, 0.1) is 6.92 Å². The number of benzene rings is 2. The summed E-state index contributed by atoms with van der Waals surface area (Å²) in [5.74, 6) is -0.313. The molecular formula is C19H17F3N2O3. The SMILES string of the molecule is Cc1cccc(C(=O)NCC2CN(c3cccc(C(F)(F)F)c3)C(=O)O2)c1. The van der Waals surface area contributed by atoms with Crippen molar-refractivity contribution in [3.05, 3.63) is 65.2 Å². The molecule has 0 spiro atoms. The highest BCUT2D eigenvalue weighted by atomic mass is 19.4. The fourth-order valence-corrected chi connectivity index (χ4v) is 2.78. The van der Waals surface area contributed by atoms with Gasteiger partial charge in [0, 0.05) is 11.3 Å². The van der Waals surface area contributed by atoms with Crippen molar-refractivity contribution >= 4 is 17.7 Å². The molecule has 1 saturated heterocycles. The van der Waals surface area contributed by atoms with Crippen molar-refractivity contribution in [3.63, 3.8) is 0 Å². The highest BCUT2D eigenvalue weighted by molar-refractivity contribution is 5.94. The van der Waals surface area contributed by atoms with Crippen LogP contribution in [0.4, 0.5) is 23.7 Å². The van der Waals surface area contributed by atoms with Crippen molar-refractivity contribution in [1.29, 1.82) is 0 Å². The molecule has 2 aromatic rings. The number of halogens is 3. The minimum atomic E-state index is -4.50. The third kappa shape index (κ3) is 4.39. The Morgan fingerprint density at radius 3 is 2.67 bits per heavy atom. The van der Waals surface area contributed by atoms with Crippen molar-refractivity contribution < 1.29 is 27.5 Å². The van der Waals surface area contributed by atoms with Gasteiger partial charge in [-0.05, 0) is 37.3 Å². The Bertz CT molecular complexity index is 867. The number of nitrogens with zero attached hydrogens (tertiary/aromatic N) is 1. The third-order valence-electron chi connectivity index (χ3n) is 4.13. The molecule has 3 rings (SSSR count). The number of aryl methyl sites for hydroxylation is 1. The van der Waals surface area contributed by atoms with Crippen LogP contribution in [-0.2, 0) is 10.9 Å². The standard InChI is InChI=1S/C19H17F3N2O3/c1-12-4-2-5-13(8-12)17(25)23-10-16-11-24(18(26)27-16)15-7-3-6-14(9-15)19(20,21)22/h2-9,16H,10-11H2,1H3,(H,23,25). The number of hydrogen-bond donors (Lipinski definition) is 1. The van der Waals surface area contributed by atoms with E-state index in [0.29, 0.717) is 5.56 Å². The third-order valence-corrected chi connectivity index (χ3v) is 4.13. The van der Waals surface area contributed by atoms with Gasteiger partial charge in [-0.2, -0.15) is 13.2 Å². The molecule has 1 aliphatic heterocycles. The summed E-state index contributed by atoms with van der Waals surface area (Å²) in [5, 5.41) is 2.67. The number of hydrogen-bond acceptors (Lipinski definition) is 3. The molecule has 1 N–H and O–H groups in total. The molecule has 1 aliphatic rings. The minimum Gasteiger partial charge on any atom is -0.442 e. The lowest BCUT2D eigenvalue weighted by molar-refractivity contribution is -0.137. The van der Waals surface area contributed by atoms with E-state index >= 15 is 0 Å². The molecule has 0 aromatic heterocycles. The molecule has 27 heavy (non-hydrogen) atoms. The van der Waals surface area contributed by atoms with E-state index < -0.39 is 23.9 Å². The number of carbonyl (C=O) groups is 2. The van der Waals surface area contributed by atoms with E-state index in [1.54, 1.807) is 18.2 Å². The van der Waals surface area contributed by atoms with Crippen molar-refractivity contribution in [3.8, 4) is 0 Å². The lowest BCUT2D eigenvalue weighted by Gasteiger charge is -2.15. The summed E-state index contributed by atoms with van der Waals surface area (Å²) in [4.78, 5) is 25.3. The van der Waals surface area contributed by atoms with Gasteiger partial charge in [0.2, 0.25) is 0 Å². The van der Waals surface area contributed by atoms with E-state index in [4.69, 9.17) is 4.74 Å². The fraction of sp³-hybridized carbons (Fsp3) is 0.263. The number of amides is 2. The van der Waals surface area contributed by atoms with Gasteiger partial charge in [-0.3, -0.25) is 9.69 Å². The topological polar surface area (TPSA) is 58.6 Å². The van der Waals surface area contributed by atoms with Gasteiger partial charge in [0.25, 0.3) is 5.91 Å². The maximum absolute atomic E-state index is 12.8. The van der Waals surface area contributed by atoms with Gasteiger partial charge in [-0.15, -0.1) is 0 Å². The highest BCUT2D eigenvalue weighted by Crippen LogP contribution is 2.32. The van der Waals surface area contributed by atoms with Crippen molar-refractivity contribution in [2.45, 2.75) is 19.2 Å². The number of nitrogens with one attached hydrogen (secondary N) is 1. The van der Waals surface area contributed by atoms with Crippen LogP contribution >= 0.6 is 0 Å². The normalized spacial score (nSPS) is 17.0. The molecule has 0 saturated carbocycles. The molecule has 1 atom stereocenters. The molecule has 0 aliphatic carbocycles. The molecule has 142 valence electrons. The van der Waals surface area contributed by atoms with Crippen LogP contribution in [0.5, 0.6) is 0 Å². The molecule has 1 fully saturated rings. The van der Waals surface area contributed by atoms with Crippen LogP contribution in [0.15, 0.2) is 48.5 Å². The highest BCUT2D eigenvalue weighted by Gasteiger charge is 2.35. The maximum Gasteiger partial charge on any atom is 0.416 e. The van der Waals surface area contributed by atoms with E-state index in [-0.39, 0.29) is 24.7 Å². The number of cyclic esters (lactones) is 1. The molecular weight excluding hydrogens is 361 g/mol. The van der Waals surface area contributed by atoms with Gasteiger partial charge in [0.15, 0.2) is 0 Å². The lowest BCUT2D eigenvalue weighted by Crippen LogP contribution is -2.34. The summed E-state index contributed by atoms with van der Waals surface area (Å²) >= 11 is 0. The zero-order chi connectivity index (χ0) is 19.6. The van der Waals surface area contributed by atoms with E-state index in [0.717, 1.165) is 22.6 Å². The summed E-state index contributed by atoms with van der Waals surface area (Å²) < 4.78 is 43.7. The Morgan fingerprint density at radius 2 is 1.96 bits per heavy atom. The van der Waals surface area contributed by atoms with Crippen molar-refractivity contribution in [2.75, 3.05) is 18.0 Å². The second-order valence-electron chi connectivity index (χ2n) is 6.24. The summed E-state index contributed by atoms with van der Waals surface area (Å²) in [6.07, 6.45) is -5.90. The summed E-state index contributed by atoms with van der Waals surface area (Å²) in [7, 11) is 0. The first-order valence-corrected chi connectivity index (χ1v) is 8.24. The van der Waals surface area contributed by atoms with Crippen molar-refractivity contribution in [2.24, 2.45) is 0 Å². The Hall–Kier alpha value is -3.03. The van der Waals surface area contributed by atoms with Gasteiger partial charge >= 0.3 is 12.3 Å². The molecule has 1 heterocycles. The number of rotatable bonds is 4. The molecule has 2 amide bonds. The van der Waals surface area contributed by atoms with Crippen LogP contribution in [0.1, 0.15) is 21.5 Å². The van der Waals surface area contributed by atoms with Gasteiger partial charge in [0.05, 0.1) is 18.7 Å². The lowest BCUT2D eigenvalue weighted by atomic mass is 10.1. The van der Waals surface area contributed by atoms with Gasteiger partial charge in [-0.1, -0.05) is 23.8 Å². The van der Waals surface area contributed by atoms with Crippen LogP contribution in [0.3, 0.4) is 0 Å². The quantitative estimate of drug-likeness (QED) is 0.881. The van der Waals surface area contributed by atoms with E-state index in [1.807, 2.05) is 13.0 Å². The summed E-state index contributed by atoms with van der Waals surface area (Å²) in [6.45, 7) is 1.98. The van der Waals surface area contributed by atoms with Crippen LogP contribution in [0.2, 0.25) is 0 Å². The predicted molar refractivity (Wildman–Crippen MR) is 92.6 cm³/mol. The van der Waals surface area contributed by atoms with Crippen LogP contribution in [-0.4, -0.2) is 31.2 Å². The van der Waals surface area contributed by atoms with E-state index in [1.165, 1.54) is 12.1 Å². The first-order valence-electron chi connectivity index (χ1n) is 8.24. The Kier molecular flexibility index (Phi) is 5.07. The predicted octanol–water partition coefficient (Wildman–Crippen LogP) is 3.77.